The first-order valence-electron chi connectivity index (χ1n) is 5.60. The van der Waals surface area contributed by atoms with E-state index in [0.29, 0.717) is 11.7 Å². The van der Waals surface area contributed by atoms with Crippen LogP contribution < -0.4 is 15.2 Å². The van der Waals surface area contributed by atoms with Gasteiger partial charge >= 0.3 is 6.36 Å². The monoisotopic (exact) mass is 297 g/mol. The van der Waals surface area contributed by atoms with Crippen molar-refractivity contribution < 1.29 is 22.6 Å². The maximum Gasteiger partial charge on any atom is 0.573 e. The van der Waals surface area contributed by atoms with E-state index in [0.717, 1.165) is 18.4 Å². The largest absolute Gasteiger partial charge is 0.573 e. The maximum absolute atomic E-state index is 12.1. The minimum absolute atomic E-state index is 0. The number of ether oxygens (including phenoxy) is 2. The summed E-state index contributed by atoms with van der Waals surface area (Å²) in [7, 11) is 1.40. The molecule has 0 bridgehead atoms. The van der Waals surface area contributed by atoms with Crippen LogP contribution in [0.3, 0.4) is 0 Å². The number of alkyl halides is 3. The van der Waals surface area contributed by atoms with Crippen LogP contribution in [0.1, 0.15) is 24.4 Å². The van der Waals surface area contributed by atoms with E-state index in [1.807, 2.05) is 0 Å². The van der Waals surface area contributed by atoms with Gasteiger partial charge in [-0.2, -0.15) is 0 Å². The van der Waals surface area contributed by atoms with E-state index in [1.54, 1.807) is 0 Å². The first-order valence-corrected chi connectivity index (χ1v) is 5.60. The molecule has 2 N–H and O–H groups in total. The van der Waals surface area contributed by atoms with Crippen molar-refractivity contribution in [2.45, 2.75) is 25.2 Å². The average molecular weight is 298 g/mol. The zero-order valence-corrected chi connectivity index (χ0v) is 11.1. The predicted molar refractivity (Wildman–Crippen MR) is 66.6 cm³/mol. The molecule has 108 valence electrons. The molecule has 19 heavy (non-hydrogen) atoms. The summed E-state index contributed by atoms with van der Waals surface area (Å²) >= 11 is 0. The Morgan fingerprint density at radius 3 is 2.42 bits per heavy atom. The summed E-state index contributed by atoms with van der Waals surface area (Å²) in [6.07, 6.45) is -2.61. The second kappa shape index (κ2) is 5.88. The van der Waals surface area contributed by atoms with Gasteiger partial charge in [0.25, 0.3) is 0 Å². The summed E-state index contributed by atoms with van der Waals surface area (Å²) in [6, 6.07) is 3.81. The molecular weight excluding hydrogens is 283 g/mol. The van der Waals surface area contributed by atoms with Crippen molar-refractivity contribution in [2.75, 3.05) is 7.11 Å². The highest BCUT2D eigenvalue weighted by Gasteiger charge is 2.33. The van der Waals surface area contributed by atoms with Crippen LogP contribution in [0.4, 0.5) is 13.2 Å². The molecule has 1 aromatic carbocycles. The molecule has 1 aliphatic rings. The van der Waals surface area contributed by atoms with Crippen LogP contribution in [0.15, 0.2) is 18.2 Å². The van der Waals surface area contributed by atoms with Crippen LogP contribution in [-0.2, 0) is 0 Å². The molecule has 1 saturated carbocycles. The third kappa shape index (κ3) is 4.18. The summed E-state index contributed by atoms with van der Waals surface area (Å²) in [5, 5.41) is 0. The van der Waals surface area contributed by atoms with Crippen LogP contribution in [0.5, 0.6) is 11.5 Å². The average Bonchev–Trinajstić information content (AvgIpc) is 3.09. The summed E-state index contributed by atoms with van der Waals surface area (Å²) in [4.78, 5) is 0. The first kappa shape index (κ1) is 15.9. The van der Waals surface area contributed by atoms with Crippen molar-refractivity contribution in [3.05, 3.63) is 23.8 Å². The predicted octanol–water partition coefficient (Wildman–Crippen LogP) is 3.43. The van der Waals surface area contributed by atoms with Crippen LogP contribution >= 0.6 is 12.4 Å². The Kier molecular flexibility index (Phi) is 4.92. The van der Waals surface area contributed by atoms with Crippen molar-refractivity contribution in [2.24, 2.45) is 11.7 Å². The Hall–Kier alpha value is -1.14. The summed E-state index contributed by atoms with van der Waals surface area (Å²) in [5.41, 5.74) is 6.73. The second-order valence-corrected chi connectivity index (χ2v) is 4.31. The van der Waals surface area contributed by atoms with E-state index < -0.39 is 6.36 Å². The number of benzene rings is 1. The highest BCUT2D eigenvalue weighted by molar-refractivity contribution is 5.85. The minimum Gasteiger partial charge on any atom is -0.496 e. The van der Waals surface area contributed by atoms with Crippen LogP contribution in [-0.4, -0.2) is 13.5 Å². The van der Waals surface area contributed by atoms with Crippen molar-refractivity contribution in [1.82, 2.24) is 0 Å². The lowest BCUT2D eigenvalue weighted by Crippen LogP contribution is -2.18. The summed E-state index contributed by atoms with van der Waals surface area (Å²) < 4.78 is 45.2. The molecule has 3 nitrogen and oxygen atoms in total. The Morgan fingerprint density at radius 1 is 1.32 bits per heavy atom. The Balaban J connectivity index is 0.00000180. The van der Waals surface area contributed by atoms with Gasteiger partial charge in [-0.05, 0) is 24.8 Å². The zero-order valence-electron chi connectivity index (χ0n) is 10.2. The fourth-order valence-corrected chi connectivity index (χ4v) is 1.87. The van der Waals surface area contributed by atoms with E-state index in [1.165, 1.54) is 25.3 Å². The van der Waals surface area contributed by atoms with Gasteiger partial charge in [-0.1, -0.05) is 6.07 Å². The van der Waals surface area contributed by atoms with Gasteiger partial charge in [-0.3, -0.25) is 0 Å². The van der Waals surface area contributed by atoms with Gasteiger partial charge in [0.2, 0.25) is 0 Å². The third-order valence-electron chi connectivity index (χ3n) is 2.93. The number of halogens is 4. The van der Waals surface area contributed by atoms with Crippen LogP contribution in [0.2, 0.25) is 0 Å². The van der Waals surface area contributed by atoms with Gasteiger partial charge in [-0.15, -0.1) is 25.6 Å². The van der Waals surface area contributed by atoms with Gasteiger partial charge in [0, 0.05) is 17.7 Å². The van der Waals surface area contributed by atoms with E-state index in [-0.39, 0.29) is 24.2 Å². The van der Waals surface area contributed by atoms with Crippen LogP contribution in [0.25, 0.3) is 0 Å². The van der Waals surface area contributed by atoms with Gasteiger partial charge in [0.1, 0.15) is 11.5 Å². The standard InChI is InChI=1S/C12H14F3NO2.ClH/c1-17-10-6-8(18-12(13,14)15)4-5-9(10)11(16)7-2-3-7;/h4-7,11H,2-3,16H2,1H3;1H/t11-;/m0./s1. The van der Waals surface area contributed by atoms with Crippen molar-refractivity contribution >= 4 is 12.4 Å². The van der Waals surface area contributed by atoms with E-state index >= 15 is 0 Å². The van der Waals surface area contributed by atoms with E-state index in [2.05, 4.69) is 4.74 Å². The highest BCUT2D eigenvalue weighted by atomic mass is 35.5. The Labute approximate surface area is 115 Å². The molecule has 1 aromatic rings. The fraction of sp³-hybridized carbons (Fsp3) is 0.500. The zero-order chi connectivity index (χ0) is 13.3. The lowest BCUT2D eigenvalue weighted by Gasteiger charge is -2.17. The molecular formula is C12H15ClF3NO2. The minimum atomic E-state index is -4.70. The molecule has 1 aliphatic carbocycles. The van der Waals surface area contributed by atoms with Crippen molar-refractivity contribution in [3.63, 3.8) is 0 Å². The van der Waals surface area contributed by atoms with Gasteiger partial charge < -0.3 is 15.2 Å². The second-order valence-electron chi connectivity index (χ2n) is 4.31. The highest BCUT2D eigenvalue weighted by Crippen LogP contribution is 2.43. The Morgan fingerprint density at radius 2 is 1.95 bits per heavy atom. The molecule has 7 heteroatoms. The van der Waals surface area contributed by atoms with E-state index in [4.69, 9.17) is 10.5 Å². The van der Waals surface area contributed by atoms with Gasteiger partial charge in [0.15, 0.2) is 0 Å². The number of nitrogens with two attached hydrogens (primary N) is 1. The van der Waals surface area contributed by atoms with Gasteiger partial charge in [-0.25, -0.2) is 0 Å². The Bertz CT molecular complexity index is 435. The molecule has 0 aliphatic heterocycles. The first-order chi connectivity index (χ1) is 8.40. The molecule has 0 amide bonds. The van der Waals surface area contributed by atoms with Gasteiger partial charge in [0.05, 0.1) is 7.11 Å². The SMILES string of the molecule is COc1cc(OC(F)(F)F)ccc1[C@@H](N)C1CC1.Cl. The molecule has 1 fully saturated rings. The molecule has 0 aromatic heterocycles. The topological polar surface area (TPSA) is 44.5 Å². The molecule has 0 spiro atoms. The molecule has 1 atom stereocenters. The molecule has 0 radical (unpaired) electrons. The lowest BCUT2D eigenvalue weighted by molar-refractivity contribution is -0.274. The smallest absolute Gasteiger partial charge is 0.496 e. The van der Waals surface area contributed by atoms with Crippen molar-refractivity contribution in [1.29, 1.82) is 0 Å². The fourth-order valence-electron chi connectivity index (χ4n) is 1.87. The molecule has 0 heterocycles. The normalized spacial score (nSPS) is 16.5. The third-order valence-corrected chi connectivity index (χ3v) is 2.93. The maximum atomic E-state index is 12.1. The lowest BCUT2D eigenvalue weighted by atomic mass is 10.0. The van der Waals surface area contributed by atoms with E-state index in [9.17, 15) is 13.2 Å². The number of hydrogen-bond acceptors (Lipinski definition) is 3. The summed E-state index contributed by atoms with van der Waals surface area (Å²) in [6.45, 7) is 0. The number of hydrogen-bond donors (Lipinski definition) is 1. The molecule has 2 rings (SSSR count). The number of methoxy groups -OCH3 is 1. The molecule has 0 saturated heterocycles. The molecule has 0 unspecified atom stereocenters. The van der Waals surface area contributed by atoms with Crippen LogP contribution in [0, 0.1) is 5.92 Å². The summed E-state index contributed by atoms with van der Waals surface area (Å²) in [5.74, 6) is 0.426. The quantitative estimate of drug-likeness (QED) is 0.926. The number of rotatable bonds is 4. The van der Waals surface area contributed by atoms with Crippen molar-refractivity contribution in [3.8, 4) is 11.5 Å².